The lowest BCUT2D eigenvalue weighted by atomic mass is 10.2. The van der Waals surface area contributed by atoms with Crippen molar-refractivity contribution >= 4 is 29.1 Å². The molecule has 3 nitrogen and oxygen atoms in total. The molecule has 0 saturated heterocycles. The van der Waals surface area contributed by atoms with Crippen LogP contribution in [0.15, 0.2) is 41.3 Å². The Kier molecular flexibility index (Phi) is 4.78. The maximum absolute atomic E-state index is 9.32. The summed E-state index contributed by atoms with van der Waals surface area (Å²) in [6.45, 7) is 2.04. The van der Waals surface area contributed by atoms with Crippen LogP contribution in [-0.4, -0.2) is 5.75 Å². The molecule has 0 radical (unpaired) electrons. The van der Waals surface area contributed by atoms with Crippen LogP contribution in [0, 0.1) is 11.3 Å². The van der Waals surface area contributed by atoms with Crippen molar-refractivity contribution in [3.63, 3.8) is 0 Å². The number of rotatable bonds is 4. The quantitative estimate of drug-likeness (QED) is 0.657. The number of thioether (sulfide) groups is 1. The topological polar surface area (TPSA) is 59.0 Å². The molecule has 20 heavy (non-hydrogen) atoms. The van der Waals surface area contributed by atoms with Gasteiger partial charge in [0.05, 0.1) is 5.02 Å². The zero-order valence-corrected chi connectivity index (χ0v) is 12.5. The van der Waals surface area contributed by atoms with Gasteiger partial charge in [0, 0.05) is 10.6 Å². The van der Waals surface area contributed by atoms with Crippen LogP contribution in [0.5, 0.6) is 11.5 Å². The fourth-order valence-corrected chi connectivity index (χ4v) is 2.70. The Bertz CT molecular complexity index is 667. The Morgan fingerprint density at radius 1 is 1.30 bits per heavy atom. The van der Waals surface area contributed by atoms with Gasteiger partial charge in [-0.05, 0) is 36.1 Å². The summed E-state index contributed by atoms with van der Waals surface area (Å²) in [5, 5.41) is 9.74. The molecule has 2 aromatic carbocycles. The number of nitriles is 1. The average molecular weight is 305 g/mol. The molecule has 102 valence electrons. The lowest BCUT2D eigenvalue weighted by Gasteiger charge is -2.11. The second-order valence-electron chi connectivity index (χ2n) is 3.97. The first kappa shape index (κ1) is 14.6. The van der Waals surface area contributed by atoms with Crippen molar-refractivity contribution in [3.8, 4) is 17.6 Å². The van der Waals surface area contributed by atoms with Gasteiger partial charge < -0.3 is 10.5 Å². The highest BCUT2D eigenvalue weighted by Crippen LogP contribution is 2.35. The second-order valence-corrected chi connectivity index (χ2v) is 5.68. The van der Waals surface area contributed by atoms with E-state index in [0.29, 0.717) is 27.8 Å². The minimum Gasteiger partial charge on any atom is -0.454 e. The lowest BCUT2D eigenvalue weighted by molar-refractivity contribution is 0.480. The molecule has 0 bridgehead atoms. The van der Waals surface area contributed by atoms with Gasteiger partial charge in [0.15, 0.2) is 0 Å². The van der Waals surface area contributed by atoms with Crippen LogP contribution in [0.25, 0.3) is 0 Å². The predicted molar refractivity (Wildman–Crippen MR) is 83.5 cm³/mol. The highest BCUT2D eigenvalue weighted by atomic mass is 35.5. The van der Waals surface area contributed by atoms with Crippen LogP contribution in [-0.2, 0) is 0 Å². The predicted octanol–water partition coefficient (Wildman–Crippen LogP) is 4.70. The summed E-state index contributed by atoms with van der Waals surface area (Å²) in [4.78, 5) is 0.902. The Hall–Kier alpha value is -1.83. The molecular formula is C15H13ClN2OS. The minimum absolute atomic E-state index is 0.419. The van der Waals surface area contributed by atoms with Gasteiger partial charge in [-0.2, -0.15) is 5.26 Å². The minimum atomic E-state index is 0.419. The van der Waals surface area contributed by atoms with Crippen LogP contribution < -0.4 is 10.5 Å². The third-order valence-corrected chi connectivity index (χ3v) is 3.81. The largest absolute Gasteiger partial charge is 0.454 e. The number of hydrogen-bond donors (Lipinski definition) is 1. The SMILES string of the molecule is CCSc1cccc(Oc2ccc(N)cc2Cl)c1C#N. The van der Waals surface area contributed by atoms with Gasteiger partial charge in [0.25, 0.3) is 0 Å². The summed E-state index contributed by atoms with van der Waals surface area (Å²) in [6.07, 6.45) is 0. The molecule has 5 heteroatoms. The van der Waals surface area contributed by atoms with E-state index >= 15 is 0 Å². The molecule has 0 aliphatic carbocycles. The van der Waals surface area contributed by atoms with E-state index in [9.17, 15) is 5.26 Å². The molecule has 0 saturated carbocycles. The molecule has 0 aromatic heterocycles. The van der Waals surface area contributed by atoms with E-state index in [0.717, 1.165) is 10.6 Å². The van der Waals surface area contributed by atoms with Crippen LogP contribution >= 0.6 is 23.4 Å². The van der Waals surface area contributed by atoms with Crippen molar-refractivity contribution in [3.05, 3.63) is 47.0 Å². The summed E-state index contributed by atoms with van der Waals surface area (Å²) in [7, 11) is 0. The van der Waals surface area contributed by atoms with E-state index in [4.69, 9.17) is 22.1 Å². The van der Waals surface area contributed by atoms with E-state index in [-0.39, 0.29) is 0 Å². The molecule has 0 spiro atoms. The number of hydrogen-bond acceptors (Lipinski definition) is 4. The van der Waals surface area contributed by atoms with Crippen molar-refractivity contribution in [1.82, 2.24) is 0 Å². The number of nitrogens with zero attached hydrogens (tertiary/aromatic N) is 1. The van der Waals surface area contributed by atoms with Gasteiger partial charge >= 0.3 is 0 Å². The van der Waals surface area contributed by atoms with Crippen molar-refractivity contribution in [2.24, 2.45) is 0 Å². The first-order valence-corrected chi connectivity index (χ1v) is 7.41. The van der Waals surface area contributed by atoms with E-state index < -0.39 is 0 Å². The lowest BCUT2D eigenvalue weighted by Crippen LogP contribution is -1.92. The molecule has 0 aliphatic rings. The van der Waals surface area contributed by atoms with Crippen LogP contribution in [0.2, 0.25) is 5.02 Å². The van der Waals surface area contributed by atoms with Crippen molar-refractivity contribution in [2.75, 3.05) is 11.5 Å². The molecule has 0 unspecified atom stereocenters. The summed E-state index contributed by atoms with van der Waals surface area (Å²) >= 11 is 7.69. The van der Waals surface area contributed by atoms with Crippen LogP contribution in [0.3, 0.4) is 0 Å². The summed E-state index contributed by atoms with van der Waals surface area (Å²) in [5.74, 6) is 1.87. The van der Waals surface area contributed by atoms with Crippen molar-refractivity contribution in [2.45, 2.75) is 11.8 Å². The van der Waals surface area contributed by atoms with Gasteiger partial charge in [-0.15, -0.1) is 11.8 Å². The Morgan fingerprint density at radius 2 is 2.10 bits per heavy atom. The number of benzene rings is 2. The Labute approximate surface area is 127 Å². The maximum Gasteiger partial charge on any atom is 0.146 e. The van der Waals surface area contributed by atoms with Gasteiger partial charge in [0.1, 0.15) is 23.1 Å². The molecule has 2 N–H and O–H groups in total. The van der Waals surface area contributed by atoms with E-state index in [1.165, 1.54) is 0 Å². The number of anilines is 1. The van der Waals surface area contributed by atoms with Gasteiger partial charge in [-0.25, -0.2) is 0 Å². The number of halogens is 1. The maximum atomic E-state index is 9.32. The van der Waals surface area contributed by atoms with Gasteiger partial charge in [0.2, 0.25) is 0 Å². The molecule has 0 amide bonds. The second kappa shape index (κ2) is 6.56. The van der Waals surface area contributed by atoms with Crippen molar-refractivity contribution in [1.29, 1.82) is 5.26 Å². The molecule has 2 rings (SSSR count). The molecule has 0 fully saturated rings. The normalized spacial score (nSPS) is 10.1. The van der Waals surface area contributed by atoms with Gasteiger partial charge in [-0.3, -0.25) is 0 Å². The van der Waals surface area contributed by atoms with E-state index in [2.05, 4.69) is 6.07 Å². The van der Waals surface area contributed by atoms with E-state index in [1.807, 2.05) is 19.1 Å². The number of nitrogen functional groups attached to an aromatic ring is 1. The number of ether oxygens (including phenoxy) is 1. The van der Waals surface area contributed by atoms with Crippen LogP contribution in [0.1, 0.15) is 12.5 Å². The molecular weight excluding hydrogens is 292 g/mol. The Morgan fingerprint density at radius 3 is 2.75 bits per heavy atom. The summed E-state index contributed by atoms with van der Waals surface area (Å²) in [6, 6.07) is 12.7. The first-order valence-electron chi connectivity index (χ1n) is 6.04. The zero-order valence-electron chi connectivity index (χ0n) is 10.9. The number of nitrogens with two attached hydrogens (primary N) is 1. The summed E-state index contributed by atoms with van der Waals surface area (Å²) < 4.78 is 5.75. The molecule has 0 atom stereocenters. The monoisotopic (exact) mass is 304 g/mol. The van der Waals surface area contributed by atoms with Crippen molar-refractivity contribution < 1.29 is 4.74 Å². The highest BCUT2D eigenvalue weighted by molar-refractivity contribution is 7.99. The third kappa shape index (κ3) is 3.19. The molecule has 0 heterocycles. The third-order valence-electron chi connectivity index (χ3n) is 2.58. The standard InChI is InChI=1S/C15H13ClN2OS/c1-2-20-15-5-3-4-13(11(15)9-17)19-14-7-6-10(18)8-12(14)16/h3-8H,2,18H2,1H3. The first-order chi connectivity index (χ1) is 9.65. The molecule has 2 aromatic rings. The zero-order chi connectivity index (χ0) is 14.5. The average Bonchev–Trinajstić information content (AvgIpc) is 2.42. The van der Waals surface area contributed by atoms with E-state index in [1.54, 1.807) is 36.0 Å². The smallest absolute Gasteiger partial charge is 0.146 e. The highest BCUT2D eigenvalue weighted by Gasteiger charge is 2.11. The van der Waals surface area contributed by atoms with Crippen LogP contribution in [0.4, 0.5) is 5.69 Å². The Balaban J connectivity index is 2.38. The molecule has 0 aliphatic heterocycles. The van der Waals surface area contributed by atoms with Gasteiger partial charge in [-0.1, -0.05) is 24.6 Å². The summed E-state index contributed by atoms with van der Waals surface area (Å²) in [5.41, 5.74) is 6.73. The fourth-order valence-electron chi connectivity index (χ4n) is 1.70. The fraction of sp³-hybridized carbons (Fsp3) is 0.133.